The standard InChI is InChI=1S/C15H18N2O2S/c1-11-4-3-5-13(10-11)12(2)17-14-6-8-15(9-7-14)20(16,18)19/h3-10,12,17H,1-2H3,(H2,16,18,19). The molecule has 20 heavy (non-hydrogen) atoms. The van der Waals surface area contributed by atoms with Crippen LogP contribution in [-0.4, -0.2) is 8.42 Å². The van der Waals surface area contributed by atoms with E-state index in [-0.39, 0.29) is 10.9 Å². The second kappa shape index (κ2) is 5.64. The van der Waals surface area contributed by atoms with Crippen molar-refractivity contribution in [2.75, 3.05) is 5.32 Å². The largest absolute Gasteiger partial charge is 0.379 e. The molecule has 0 aliphatic rings. The van der Waals surface area contributed by atoms with Crippen molar-refractivity contribution >= 4 is 15.7 Å². The molecule has 0 fully saturated rings. The summed E-state index contributed by atoms with van der Waals surface area (Å²) >= 11 is 0. The van der Waals surface area contributed by atoms with Gasteiger partial charge in [0.15, 0.2) is 0 Å². The third-order valence-electron chi connectivity index (χ3n) is 3.11. The van der Waals surface area contributed by atoms with Crippen molar-refractivity contribution in [1.82, 2.24) is 0 Å². The average Bonchev–Trinajstić information content (AvgIpc) is 2.38. The van der Waals surface area contributed by atoms with Gasteiger partial charge in [-0.25, -0.2) is 13.6 Å². The molecule has 0 bridgehead atoms. The summed E-state index contributed by atoms with van der Waals surface area (Å²) in [5, 5.41) is 8.40. The molecule has 0 saturated heterocycles. The fourth-order valence-electron chi connectivity index (χ4n) is 2.01. The Balaban J connectivity index is 2.14. The highest BCUT2D eigenvalue weighted by atomic mass is 32.2. The minimum Gasteiger partial charge on any atom is -0.379 e. The van der Waals surface area contributed by atoms with Gasteiger partial charge in [0, 0.05) is 11.7 Å². The van der Waals surface area contributed by atoms with Crippen molar-refractivity contribution in [3.8, 4) is 0 Å². The van der Waals surface area contributed by atoms with E-state index in [0.29, 0.717) is 0 Å². The van der Waals surface area contributed by atoms with Gasteiger partial charge in [-0.2, -0.15) is 0 Å². The van der Waals surface area contributed by atoms with Gasteiger partial charge in [-0.15, -0.1) is 0 Å². The van der Waals surface area contributed by atoms with Crippen LogP contribution in [0.2, 0.25) is 0 Å². The minimum absolute atomic E-state index is 0.117. The highest BCUT2D eigenvalue weighted by Crippen LogP contribution is 2.21. The molecule has 0 spiro atoms. The zero-order chi connectivity index (χ0) is 14.8. The molecule has 0 radical (unpaired) electrons. The number of anilines is 1. The van der Waals surface area contributed by atoms with Gasteiger partial charge >= 0.3 is 0 Å². The molecule has 0 aliphatic carbocycles. The molecule has 0 aromatic heterocycles. The van der Waals surface area contributed by atoms with Gasteiger partial charge in [0.1, 0.15) is 0 Å². The quantitative estimate of drug-likeness (QED) is 0.909. The van der Waals surface area contributed by atoms with E-state index in [0.717, 1.165) is 5.69 Å². The van der Waals surface area contributed by atoms with Crippen LogP contribution in [0.4, 0.5) is 5.69 Å². The van der Waals surface area contributed by atoms with Crippen molar-refractivity contribution in [1.29, 1.82) is 0 Å². The maximum absolute atomic E-state index is 11.2. The van der Waals surface area contributed by atoms with Gasteiger partial charge in [-0.05, 0) is 43.7 Å². The van der Waals surface area contributed by atoms with Gasteiger partial charge in [0.25, 0.3) is 0 Å². The molecule has 0 saturated carbocycles. The Bertz CT molecular complexity index is 694. The van der Waals surface area contributed by atoms with E-state index >= 15 is 0 Å². The number of nitrogens with two attached hydrogens (primary N) is 1. The van der Waals surface area contributed by atoms with E-state index in [9.17, 15) is 8.42 Å². The Hall–Kier alpha value is -1.85. The third-order valence-corrected chi connectivity index (χ3v) is 4.04. The molecule has 2 aromatic rings. The predicted octanol–water partition coefficient (Wildman–Crippen LogP) is 2.82. The summed E-state index contributed by atoms with van der Waals surface area (Å²) in [7, 11) is -3.63. The Labute approximate surface area is 119 Å². The Kier molecular flexibility index (Phi) is 4.11. The summed E-state index contributed by atoms with van der Waals surface area (Å²) < 4.78 is 22.4. The molecule has 5 heteroatoms. The number of rotatable bonds is 4. The number of nitrogens with one attached hydrogen (secondary N) is 1. The molecule has 1 unspecified atom stereocenters. The molecule has 2 rings (SSSR count). The Morgan fingerprint density at radius 1 is 1.10 bits per heavy atom. The van der Waals surface area contributed by atoms with Crippen molar-refractivity contribution < 1.29 is 8.42 Å². The maximum Gasteiger partial charge on any atom is 0.238 e. The number of hydrogen-bond donors (Lipinski definition) is 2. The number of aryl methyl sites for hydroxylation is 1. The number of primary sulfonamides is 1. The van der Waals surface area contributed by atoms with Crippen molar-refractivity contribution in [3.63, 3.8) is 0 Å². The van der Waals surface area contributed by atoms with E-state index < -0.39 is 10.0 Å². The lowest BCUT2D eigenvalue weighted by Crippen LogP contribution is -2.12. The first kappa shape index (κ1) is 14.6. The smallest absolute Gasteiger partial charge is 0.238 e. The van der Waals surface area contributed by atoms with Crippen LogP contribution < -0.4 is 10.5 Å². The number of sulfonamides is 1. The van der Waals surface area contributed by atoms with Crippen LogP contribution in [-0.2, 0) is 10.0 Å². The summed E-state index contributed by atoms with van der Waals surface area (Å²) in [6, 6.07) is 14.8. The second-order valence-corrected chi connectivity index (χ2v) is 6.41. The van der Waals surface area contributed by atoms with Crippen LogP contribution >= 0.6 is 0 Å². The average molecular weight is 290 g/mol. The first-order valence-corrected chi connectivity index (χ1v) is 7.87. The maximum atomic E-state index is 11.2. The van der Waals surface area contributed by atoms with Crippen molar-refractivity contribution in [3.05, 3.63) is 59.7 Å². The highest BCUT2D eigenvalue weighted by Gasteiger charge is 2.08. The van der Waals surface area contributed by atoms with Gasteiger partial charge < -0.3 is 5.32 Å². The molecule has 0 aliphatic heterocycles. The van der Waals surface area contributed by atoms with Crippen molar-refractivity contribution in [2.24, 2.45) is 5.14 Å². The molecular weight excluding hydrogens is 272 g/mol. The lowest BCUT2D eigenvalue weighted by Gasteiger charge is -2.16. The Morgan fingerprint density at radius 3 is 2.30 bits per heavy atom. The van der Waals surface area contributed by atoms with Gasteiger partial charge in [0.2, 0.25) is 10.0 Å². The molecule has 106 valence electrons. The molecule has 2 aromatic carbocycles. The first-order chi connectivity index (χ1) is 9.36. The molecular formula is C15H18N2O2S. The van der Waals surface area contributed by atoms with Crippen LogP contribution in [0.3, 0.4) is 0 Å². The van der Waals surface area contributed by atoms with Crippen LogP contribution in [0.1, 0.15) is 24.1 Å². The first-order valence-electron chi connectivity index (χ1n) is 6.32. The Morgan fingerprint density at radius 2 is 1.75 bits per heavy atom. The van der Waals surface area contributed by atoms with E-state index in [1.54, 1.807) is 12.1 Å². The van der Waals surface area contributed by atoms with E-state index in [2.05, 4.69) is 37.4 Å². The van der Waals surface area contributed by atoms with Crippen LogP contribution in [0.5, 0.6) is 0 Å². The predicted molar refractivity (Wildman–Crippen MR) is 81.0 cm³/mol. The summed E-state index contributed by atoms with van der Waals surface area (Å²) in [6.07, 6.45) is 0. The lowest BCUT2D eigenvalue weighted by atomic mass is 10.1. The van der Waals surface area contributed by atoms with Gasteiger partial charge in [-0.3, -0.25) is 0 Å². The zero-order valence-electron chi connectivity index (χ0n) is 11.5. The van der Waals surface area contributed by atoms with Gasteiger partial charge in [-0.1, -0.05) is 29.8 Å². The molecule has 4 nitrogen and oxygen atoms in total. The topological polar surface area (TPSA) is 72.2 Å². The molecule has 3 N–H and O–H groups in total. The van der Waals surface area contributed by atoms with E-state index in [4.69, 9.17) is 5.14 Å². The third kappa shape index (κ3) is 3.59. The summed E-state index contributed by atoms with van der Waals surface area (Å²) in [4.78, 5) is 0.117. The zero-order valence-corrected chi connectivity index (χ0v) is 12.3. The minimum atomic E-state index is -3.63. The monoisotopic (exact) mass is 290 g/mol. The number of hydrogen-bond acceptors (Lipinski definition) is 3. The fourth-order valence-corrected chi connectivity index (χ4v) is 2.53. The van der Waals surface area contributed by atoms with Crippen LogP contribution in [0, 0.1) is 6.92 Å². The SMILES string of the molecule is Cc1cccc(C(C)Nc2ccc(S(N)(=O)=O)cc2)c1. The fraction of sp³-hybridized carbons (Fsp3) is 0.200. The molecule has 1 atom stereocenters. The summed E-state index contributed by atoms with van der Waals surface area (Å²) in [5.41, 5.74) is 3.24. The van der Waals surface area contributed by atoms with E-state index in [1.165, 1.54) is 23.3 Å². The highest BCUT2D eigenvalue weighted by molar-refractivity contribution is 7.89. The molecule has 0 amide bonds. The van der Waals surface area contributed by atoms with Crippen LogP contribution in [0.25, 0.3) is 0 Å². The van der Waals surface area contributed by atoms with E-state index in [1.807, 2.05) is 6.07 Å². The number of benzene rings is 2. The summed E-state index contributed by atoms with van der Waals surface area (Å²) in [5.74, 6) is 0. The molecule has 0 heterocycles. The normalized spacial score (nSPS) is 12.9. The van der Waals surface area contributed by atoms with Gasteiger partial charge in [0.05, 0.1) is 4.90 Å². The van der Waals surface area contributed by atoms with Crippen molar-refractivity contribution in [2.45, 2.75) is 24.8 Å². The summed E-state index contributed by atoms with van der Waals surface area (Å²) in [6.45, 7) is 4.11. The lowest BCUT2D eigenvalue weighted by molar-refractivity contribution is 0.598. The second-order valence-electron chi connectivity index (χ2n) is 4.85. The van der Waals surface area contributed by atoms with Crippen LogP contribution in [0.15, 0.2) is 53.4 Å².